The highest BCUT2D eigenvalue weighted by atomic mass is 35.5. The van der Waals surface area contributed by atoms with Gasteiger partial charge < -0.3 is 4.90 Å². The maximum absolute atomic E-state index is 12.2. The van der Waals surface area contributed by atoms with Crippen LogP contribution >= 0.6 is 23.2 Å². The molecule has 0 aliphatic carbocycles. The molecular weight excluding hydrogens is 299 g/mol. The smallest absolute Gasteiger partial charge is 0.219 e. The molecule has 0 N–H and O–H groups in total. The van der Waals surface area contributed by atoms with E-state index in [0.29, 0.717) is 48.3 Å². The lowest BCUT2D eigenvalue weighted by molar-refractivity contribution is -0.130. The fourth-order valence-electron chi connectivity index (χ4n) is 2.22. The van der Waals surface area contributed by atoms with E-state index in [4.69, 9.17) is 23.2 Å². The molecule has 0 saturated carbocycles. The molecule has 0 atom stereocenters. The van der Waals surface area contributed by atoms with Crippen LogP contribution in [0.3, 0.4) is 0 Å². The van der Waals surface area contributed by atoms with Crippen LogP contribution in [0.15, 0.2) is 18.2 Å². The molecule has 1 aliphatic rings. The normalized spacial score (nSPS) is 16.2. The van der Waals surface area contributed by atoms with Gasteiger partial charge in [0.05, 0.1) is 11.6 Å². The molecule has 0 unspecified atom stereocenters. The predicted molar refractivity (Wildman–Crippen MR) is 79.5 cm³/mol. The molecule has 20 heavy (non-hydrogen) atoms. The number of amides is 1. The first kappa shape index (κ1) is 15.3. The first-order valence-corrected chi connectivity index (χ1v) is 7.19. The molecule has 4 nitrogen and oxygen atoms in total. The molecule has 1 aliphatic heterocycles. The summed E-state index contributed by atoms with van der Waals surface area (Å²) >= 11 is 11.8. The molecule has 0 aromatic heterocycles. The Morgan fingerprint density at radius 2 is 1.80 bits per heavy atom. The van der Waals surface area contributed by atoms with Gasteiger partial charge in [-0.3, -0.25) is 14.5 Å². The molecular formula is C14H16Cl2N2O2. The van der Waals surface area contributed by atoms with E-state index >= 15 is 0 Å². The number of halogens is 2. The van der Waals surface area contributed by atoms with Crippen LogP contribution in [0.5, 0.6) is 0 Å². The van der Waals surface area contributed by atoms with Crippen molar-refractivity contribution in [3.05, 3.63) is 33.8 Å². The van der Waals surface area contributed by atoms with Crippen LogP contribution in [0, 0.1) is 0 Å². The predicted octanol–water partition coefficient (Wildman–Crippen LogP) is 2.34. The molecule has 108 valence electrons. The van der Waals surface area contributed by atoms with Crippen LogP contribution in [0.25, 0.3) is 0 Å². The Morgan fingerprint density at radius 3 is 2.35 bits per heavy atom. The summed E-state index contributed by atoms with van der Waals surface area (Å²) in [6.45, 7) is 4.61. The average molecular weight is 315 g/mol. The molecule has 1 fully saturated rings. The zero-order valence-electron chi connectivity index (χ0n) is 11.2. The molecule has 0 bridgehead atoms. The highest BCUT2D eigenvalue weighted by molar-refractivity contribution is 6.36. The third-order valence-corrected chi connectivity index (χ3v) is 3.96. The van der Waals surface area contributed by atoms with Crippen molar-refractivity contribution in [3.8, 4) is 0 Å². The van der Waals surface area contributed by atoms with E-state index in [2.05, 4.69) is 0 Å². The van der Waals surface area contributed by atoms with E-state index in [1.165, 1.54) is 0 Å². The van der Waals surface area contributed by atoms with Crippen molar-refractivity contribution in [1.82, 2.24) is 9.80 Å². The van der Waals surface area contributed by atoms with E-state index < -0.39 is 0 Å². The van der Waals surface area contributed by atoms with E-state index in [0.717, 1.165) is 0 Å². The number of ketones is 1. The van der Waals surface area contributed by atoms with Crippen LogP contribution in [-0.2, 0) is 4.79 Å². The Balaban J connectivity index is 1.94. The van der Waals surface area contributed by atoms with Gasteiger partial charge >= 0.3 is 0 Å². The number of carbonyl (C=O) groups excluding carboxylic acids is 2. The second-order valence-corrected chi connectivity index (χ2v) is 5.67. The van der Waals surface area contributed by atoms with Gasteiger partial charge in [-0.15, -0.1) is 0 Å². The lowest BCUT2D eigenvalue weighted by atomic mass is 10.1. The van der Waals surface area contributed by atoms with Crippen molar-refractivity contribution >= 4 is 34.9 Å². The number of hydrogen-bond acceptors (Lipinski definition) is 3. The second kappa shape index (κ2) is 6.57. The molecule has 1 aromatic rings. The molecule has 0 radical (unpaired) electrons. The van der Waals surface area contributed by atoms with Gasteiger partial charge in [0.1, 0.15) is 0 Å². The zero-order valence-corrected chi connectivity index (χ0v) is 12.7. The molecule has 1 saturated heterocycles. The maximum atomic E-state index is 12.2. The van der Waals surface area contributed by atoms with Gasteiger partial charge in [0, 0.05) is 43.7 Å². The molecule has 0 spiro atoms. The molecule has 1 amide bonds. The van der Waals surface area contributed by atoms with Crippen LogP contribution in [0.1, 0.15) is 17.3 Å². The number of hydrogen-bond donors (Lipinski definition) is 0. The Hall–Kier alpha value is -1.10. The maximum Gasteiger partial charge on any atom is 0.219 e. The van der Waals surface area contributed by atoms with E-state index in [1.54, 1.807) is 30.0 Å². The van der Waals surface area contributed by atoms with Gasteiger partial charge in [0.25, 0.3) is 0 Å². The largest absolute Gasteiger partial charge is 0.340 e. The van der Waals surface area contributed by atoms with Crippen molar-refractivity contribution in [1.29, 1.82) is 0 Å². The molecule has 6 heteroatoms. The topological polar surface area (TPSA) is 40.6 Å². The number of rotatable bonds is 3. The summed E-state index contributed by atoms with van der Waals surface area (Å²) < 4.78 is 0. The number of Topliss-reactive ketones (excluding diaryl/α,β-unsaturated/α-hetero) is 1. The zero-order chi connectivity index (χ0) is 14.7. The average Bonchev–Trinajstić information content (AvgIpc) is 2.39. The summed E-state index contributed by atoms with van der Waals surface area (Å²) in [6.07, 6.45) is 0. The van der Waals surface area contributed by atoms with Gasteiger partial charge in [-0.2, -0.15) is 0 Å². The van der Waals surface area contributed by atoms with Crippen molar-refractivity contribution in [2.24, 2.45) is 0 Å². The fraction of sp³-hybridized carbons (Fsp3) is 0.429. The van der Waals surface area contributed by atoms with E-state index in [-0.39, 0.29) is 11.7 Å². The minimum Gasteiger partial charge on any atom is -0.340 e. The number of piperazine rings is 1. The number of benzene rings is 1. The summed E-state index contributed by atoms with van der Waals surface area (Å²) in [5.41, 5.74) is 0.491. The van der Waals surface area contributed by atoms with Crippen molar-refractivity contribution in [2.45, 2.75) is 6.92 Å². The standard InChI is InChI=1S/C14H16Cl2N2O2/c1-10(19)18-6-4-17(5-7-18)9-14(20)12-3-2-11(15)8-13(12)16/h2-3,8H,4-7,9H2,1H3. The van der Waals surface area contributed by atoms with Crippen molar-refractivity contribution in [3.63, 3.8) is 0 Å². The van der Waals surface area contributed by atoms with Gasteiger partial charge in [-0.1, -0.05) is 23.2 Å². The highest BCUT2D eigenvalue weighted by Crippen LogP contribution is 2.21. The quantitative estimate of drug-likeness (QED) is 0.804. The number of nitrogens with zero attached hydrogens (tertiary/aromatic N) is 2. The Kier molecular flexibility index (Phi) is 5.02. The summed E-state index contributed by atoms with van der Waals surface area (Å²) in [5, 5.41) is 0.895. The van der Waals surface area contributed by atoms with Crippen LogP contribution in [0.4, 0.5) is 0 Å². The first-order chi connectivity index (χ1) is 9.47. The van der Waals surface area contributed by atoms with Gasteiger partial charge in [0.2, 0.25) is 5.91 Å². The van der Waals surface area contributed by atoms with Crippen molar-refractivity contribution in [2.75, 3.05) is 32.7 Å². The minimum atomic E-state index is -0.0251. The monoisotopic (exact) mass is 314 g/mol. The third kappa shape index (κ3) is 3.72. The molecule has 2 rings (SSSR count). The molecule has 1 aromatic carbocycles. The highest BCUT2D eigenvalue weighted by Gasteiger charge is 2.21. The second-order valence-electron chi connectivity index (χ2n) is 4.83. The molecule has 1 heterocycles. The van der Waals surface area contributed by atoms with Crippen LogP contribution in [0.2, 0.25) is 10.0 Å². The Labute approximate surface area is 128 Å². The first-order valence-electron chi connectivity index (χ1n) is 6.43. The fourth-order valence-corrected chi connectivity index (χ4v) is 2.74. The Morgan fingerprint density at radius 1 is 1.15 bits per heavy atom. The van der Waals surface area contributed by atoms with Crippen LogP contribution < -0.4 is 0 Å². The van der Waals surface area contributed by atoms with Crippen LogP contribution in [-0.4, -0.2) is 54.2 Å². The SMILES string of the molecule is CC(=O)N1CCN(CC(=O)c2ccc(Cl)cc2Cl)CC1. The van der Waals surface area contributed by atoms with Gasteiger partial charge in [-0.05, 0) is 18.2 Å². The number of carbonyl (C=O) groups is 2. The summed E-state index contributed by atoms with van der Waals surface area (Å²) in [5.74, 6) is 0.0552. The lowest BCUT2D eigenvalue weighted by Crippen LogP contribution is -2.49. The lowest BCUT2D eigenvalue weighted by Gasteiger charge is -2.33. The minimum absolute atomic E-state index is 0.0251. The Bertz CT molecular complexity index is 526. The summed E-state index contributed by atoms with van der Waals surface area (Å²) in [6, 6.07) is 4.89. The van der Waals surface area contributed by atoms with Crippen molar-refractivity contribution < 1.29 is 9.59 Å². The van der Waals surface area contributed by atoms with Gasteiger partial charge in [0.15, 0.2) is 5.78 Å². The third-order valence-electron chi connectivity index (χ3n) is 3.42. The van der Waals surface area contributed by atoms with E-state index in [1.807, 2.05) is 4.90 Å². The van der Waals surface area contributed by atoms with E-state index in [9.17, 15) is 9.59 Å². The summed E-state index contributed by atoms with van der Waals surface area (Å²) in [4.78, 5) is 27.3. The summed E-state index contributed by atoms with van der Waals surface area (Å²) in [7, 11) is 0. The van der Waals surface area contributed by atoms with Gasteiger partial charge in [-0.25, -0.2) is 0 Å².